The first kappa shape index (κ1) is 22.7. The van der Waals surface area contributed by atoms with Gasteiger partial charge >= 0.3 is 0 Å². The molecule has 2 aromatic rings. The van der Waals surface area contributed by atoms with Crippen LogP contribution in [0.15, 0.2) is 41.4 Å². The van der Waals surface area contributed by atoms with E-state index in [4.69, 9.17) is 14.5 Å². The molecule has 0 aromatic heterocycles. The molecule has 4 heteroatoms. The van der Waals surface area contributed by atoms with E-state index in [-0.39, 0.29) is 17.8 Å². The third-order valence-electron chi connectivity index (χ3n) is 4.91. The lowest BCUT2D eigenvalue weighted by atomic mass is 9.86. The third-order valence-corrected chi connectivity index (χ3v) is 4.91. The second-order valence-electron chi connectivity index (χ2n) is 7.84. The van der Waals surface area contributed by atoms with Crippen LogP contribution in [0.25, 0.3) is 0 Å². The molecular formula is C25H33NO3. The Morgan fingerprint density at radius 3 is 2.34 bits per heavy atom. The summed E-state index contributed by atoms with van der Waals surface area (Å²) in [5, 5.41) is 0. The Hall–Kier alpha value is -2.62. The quantitative estimate of drug-likeness (QED) is 0.365. The number of methoxy groups -OCH3 is 1. The van der Waals surface area contributed by atoms with Crippen LogP contribution >= 0.6 is 0 Å². The van der Waals surface area contributed by atoms with Crippen LogP contribution in [0.1, 0.15) is 68.9 Å². The van der Waals surface area contributed by atoms with Crippen molar-refractivity contribution in [2.24, 2.45) is 10.9 Å². The molecule has 4 nitrogen and oxygen atoms in total. The van der Waals surface area contributed by atoms with Gasteiger partial charge in [0.25, 0.3) is 0 Å². The van der Waals surface area contributed by atoms with Gasteiger partial charge < -0.3 is 9.47 Å². The molecule has 2 aromatic carbocycles. The van der Waals surface area contributed by atoms with Gasteiger partial charge in [-0.05, 0) is 50.3 Å². The van der Waals surface area contributed by atoms with Gasteiger partial charge in [0.2, 0.25) is 0 Å². The fraction of sp³-hybridized carbons (Fsp3) is 0.440. The molecule has 0 aliphatic heterocycles. The highest BCUT2D eigenvalue weighted by molar-refractivity contribution is 6.00. The molecule has 1 unspecified atom stereocenters. The van der Waals surface area contributed by atoms with Gasteiger partial charge in [-0.25, -0.2) is 0 Å². The van der Waals surface area contributed by atoms with Crippen molar-refractivity contribution in [3.8, 4) is 11.5 Å². The zero-order valence-electron chi connectivity index (χ0n) is 18.7. The minimum absolute atomic E-state index is 0.0104. The lowest BCUT2D eigenvalue weighted by Gasteiger charge is -2.20. The Labute approximate surface area is 175 Å². The Bertz CT molecular complexity index is 868. The Balaban J connectivity index is 2.53. The number of ketones is 1. The Morgan fingerprint density at radius 1 is 1.10 bits per heavy atom. The predicted molar refractivity (Wildman–Crippen MR) is 120 cm³/mol. The van der Waals surface area contributed by atoms with Gasteiger partial charge in [-0.1, -0.05) is 45.0 Å². The van der Waals surface area contributed by atoms with Crippen LogP contribution < -0.4 is 9.47 Å². The normalized spacial score (nSPS) is 12.6. The molecule has 0 aliphatic carbocycles. The second kappa shape index (κ2) is 10.2. The molecule has 0 spiro atoms. The van der Waals surface area contributed by atoms with Crippen LogP contribution in [-0.2, 0) is 6.42 Å². The van der Waals surface area contributed by atoms with Crippen LogP contribution in [0.3, 0.4) is 0 Å². The average Bonchev–Trinajstić information content (AvgIpc) is 2.67. The largest absolute Gasteiger partial charge is 0.493 e. The Kier molecular flexibility index (Phi) is 8.00. The first-order chi connectivity index (χ1) is 13.8. The number of hydrogen-bond acceptors (Lipinski definition) is 4. The number of carbonyl (C=O) groups is 1. The summed E-state index contributed by atoms with van der Waals surface area (Å²) in [6, 6.07) is 12.0. The molecular weight excluding hydrogens is 362 g/mol. The van der Waals surface area contributed by atoms with Crippen molar-refractivity contribution in [2.45, 2.75) is 60.0 Å². The number of rotatable bonds is 9. The molecule has 1 atom stereocenters. The van der Waals surface area contributed by atoms with E-state index in [0.29, 0.717) is 28.7 Å². The molecule has 0 fully saturated rings. The zero-order chi connectivity index (χ0) is 21.6. The van der Waals surface area contributed by atoms with Crippen molar-refractivity contribution >= 4 is 17.7 Å². The van der Waals surface area contributed by atoms with Crippen LogP contribution in [-0.4, -0.2) is 25.2 Å². The fourth-order valence-corrected chi connectivity index (χ4v) is 3.40. The average molecular weight is 396 g/mol. The number of Topliss-reactive ketones (excluding diaryl/α,β-unsaturated/α-hetero) is 1. The van der Waals surface area contributed by atoms with Crippen molar-refractivity contribution in [2.75, 3.05) is 7.11 Å². The molecule has 0 saturated heterocycles. The lowest BCUT2D eigenvalue weighted by Crippen LogP contribution is -2.11. The molecule has 0 N–H and O–H groups in total. The molecule has 29 heavy (non-hydrogen) atoms. The maximum atomic E-state index is 12.2. The highest BCUT2D eigenvalue weighted by Crippen LogP contribution is 2.36. The highest BCUT2D eigenvalue weighted by atomic mass is 16.5. The summed E-state index contributed by atoms with van der Waals surface area (Å²) in [5.74, 6) is 1.61. The number of hydrogen-bond donors (Lipinski definition) is 0. The summed E-state index contributed by atoms with van der Waals surface area (Å²) in [6.07, 6.45) is 2.93. The van der Waals surface area contributed by atoms with E-state index in [0.717, 1.165) is 6.42 Å². The Morgan fingerprint density at radius 2 is 1.79 bits per heavy atom. The molecule has 0 aliphatic rings. The summed E-state index contributed by atoms with van der Waals surface area (Å²) in [6.45, 7) is 12.0. The molecule has 156 valence electrons. The number of aryl methyl sites for hydroxylation is 1. The standard InChI is InChI=1S/C25H33NO3/c1-8-19-11-9-10-12-20(19)22(16(2)3)15-26-23-14-25(29-17(4)5)24(28-7)13-21(23)18(6)27/h9-17,22H,8H2,1-7H3/b26-15-. The van der Waals surface area contributed by atoms with Crippen molar-refractivity contribution in [3.63, 3.8) is 0 Å². The van der Waals surface area contributed by atoms with Crippen LogP contribution in [0.5, 0.6) is 11.5 Å². The van der Waals surface area contributed by atoms with Gasteiger partial charge in [-0.3, -0.25) is 9.79 Å². The van der Waals surface area contributed by atoms with Crippen LogP contribution in [0, 0.1) is 5.92 Å². The lowest BCUT2D eigenvalue weighted by molar-refractivity contribution is 0.101. The molecule has 0 bridgehead atoms. The topological polar surface area (TPSA) is 47.9 Å². The minimum atomic E-state index is -0.0541. The monoisotopic (exact) mass is 395 g/mol. The van der Waals surface area contributed by atoms with Crippen molar-refractivity contribution in [1.82, 2.24) is 0 Å². The van der Waals surface area contributed by atoms with Crippen LogP contribution in [0.4, 0.5) is 5.69 Å². The zero-order valence-corrected chi connectivity index (χ0v) is 18.7. The third kappa shape index (κ3) is 5.69. The molecule has 0 heterocycles. The van der Waals surface area contributed by atoms with Gasteiger partial charge in [0.05, 0.1) is 18.9 Å². The number of aliphatic imine (C=N–C) groups is 1. The summed E-state index contributed by atoms with van der Waals surface area (Å²) in [4.78, 5) is 17.0. The smallest absolute Gasteiger partial charge is 0.163 e. The van der Waals surface area contributed by atoms with E-state index in [2.05, 4.69) is 45.0 Å². The summed E-state index contributed by atoms with van der Waals surface area (Å²) >= 11 is 0. The van der Waals surface area contributed by atoms with Crippen molar-refractivity contribution in [3.05, 3.63) is 53.1 Å². The van der Waals surface area contributed by atoms with Gasteiger partial charge in [0, 0.05) is 23.8 Å². The number of benzene rings is 2. The maximum Gasteiger partial charge on any atom is 0.163 e. The van der Waals surface area contributed by atoms with E-state index in [1.807, 2.05) is 20.1 Å². The minimum Gasteiger partial charge on any atom is -0.493 e. The van der Waals surface area contributed by atoms with E-state index < -0.39 is 0 Å². The van der Waals surface area contributed by atoms with Gasteiger partial charge in [-0.2, -0.15) is 0 Å². The number of nitrogens with zero attached hydrogens (tertiary/aromatic N) is 1. The first-order valence-corrected chi connectivity index (χ1v) is 10.3. The maximum absolute atomic E-state index is 12.2. The van der Waals surface area contributed by atoms with Gasteiger partial charge in [-0.15, -0.1) is 0 Å². The van der Waals surface area contributed by atoms with E-state index in [9.17, 15) is 4.79 Å². The van der Waals surface area contributed by atoms with Gasteiger partial charge in [0.15, 0.2) is 17.3 Å². The first-order valence-electron chi connectivity index (χ1n) is 10.3. The highest BCUT2D eigenvalue weighted by Gasteiger charge is 2.19. The molecule has 0 saturated carbocycles. The van der Waals surface area contributed by atoms with Crippen molar-refractivity contribution in [1.29, 1.82) is 0 Å². The van der Waals surface area contributed by atoms with E-state index in [1.54, 1.807) is 26.2 Å². The summed E-state index contributed by atoms with van der Waals surface area (Å²) in [5.41, 5.74) is 3.74. The predicted octanol–water partition coefficient (Wildman–Crippen LogP) is 6.39. The number of ether oxygens (including phenoxy) is 2. The second-order valence-corrected chi connectivity index (χ2v) is 7.84. The van der Waals surface area contributed by atoms with E-state index >= 15 is 0 Å². The van der Waals surface area contributed by atoms with Crippen LogP contribution in [0.2, 0.25) is 0 Å². The van der Waals surface area contributed by atoms with Crippen molar-refractivity contribution < 1.29 is 14.3 Å². The SMILES string of the molecule is CCc1ccccc1C(/C=N\c1cc(OC(C)C)c(OC)cc1C(C)=O)C(C)C. The summed E-state index contributed by atoms with van der Waals surface area (Å²) in [7, 11) is 1.58. The fourth-order valence-electron chi connectivity index (χ4n) is 3.40. The van der Waals surface area contributed by atoms with Gasteiger partial charge in [0.1, 0.15) is 0 Å². The molecule has 0 radical (unpaired) electrons. The number of carbonyl (C=O) groups excluding carboxylic acids is 1. The van der Waals surface area contributed by atoms with E-state index in [1.165, 1.54) is 11.1 Å². The summed E-state index contributed by atoms with van der Waals surface area (Å²) < 4.78 is 11.3. The molecule has 2 rings (SSSR count). The molecule has 0 amide bonds.